The summed E-state index contributed by atoms with van der Waals surface area (Å²) in [6.07, 6.45) is 0.677. The molecule has 0 saturated heterocycles. The van der Waals surface area contributed by atoms with E-state index in [1.54, 1.807) is 25.1 Å². The number of rotatable bonds is 13. The minimum Gasteiger partial charge on any atom is -0.493 e. The molecule has 0 aromatic heterocycles. The fraction of sp³-hybridized carbons (Fsp3) is 0.333. The summed E-state index contributed by atoms with van der Waals surface area (Å²) in [6, 6.07) is 13.9. The first-order chi connectivity index (χ1) is 20.3. The Morgan fingerprint density at radius 2 is 1.51 bits per heavy atom. The standard InChI is InChI=1S/C30H34Cl3N3O6S/c1-6-19(2)34-30(38)20(3)35(17-24-25(32)8-7-9-26(24)33)29(37)18-36(22-12-10-21(31)11-13-22)43(39,40)23-14-15-27(41-4)28(16-23)42-5/h7-16,19-20H,6,17-18H2,1-5H3,(H,34,38)/t19-,20+/m1/s1. The van der Waals surface area contributed by atoms with Crippen LogP contribution in [0.1, 0.15) is 32.8 Å². The monoisotopic (exact) mass is 669 g/mol. The van der Waals surface area contributed by atoms with Crippen LogP contribution in [0.5, 0.6) is 11.5 Å². The number of ether oxygens (including phenoxy) is 2. The maximum absolute atomic E-state index is 14.1. The molecule has 0 aliphatic rings. The van der Waals surface area contributed by atoms with E-state index in [0.29, 0.717) is 32.8 Å². The van der Waals surface area contributed by atoms with Crippen LogP contribution in [0.4, 0.5) is 5.69 Å². The molecule has 3 rings (SSSR count). The van der Waals surface area contributed by atoms with Crippen molar-refractivity contribution in [2.75, 3.05) is 25.1 Å². The van der Waals surface area contributed by atoms with Crippen molar-refractivity contribution in [3.05, 3.63) is 81.3 Å². The highest BCUT2D eigenvalue weighted by molar-refractivity contribution is 7.92. The zero-order chi connectivity index (χ0) is 31.9. The van der Waals surface area contributed by atoms with Gasteiger partial charge in [-0.25, -0.2) is 8.42 Å². The average molecular weight is 671 g/mol. The summed E-state index contributed by atoms with van der Waals surface area (Å²) < 4.78 is 39.7. The number of anilines is 1. The fourth-order valence-corrected chi connectivity index (χ4v) is 6.22. The predicted octanol–water partition coefficient (Wildman–Crippen LogP) is 6.19. The third kappa shape index (κ3) is 8.26. The van der Waals surface area contributed by atoms with Crippen molar-refractivity contribution in [3.8, 4) is 11.5 Å². The summed E-state index contributed by atoms with van der Waals surface area (Å²) in [5, 5.41) is 3.85. The summed E-state index contributed by atoms with van der Waals surface area (Å²) >= 11 is 18.9. The van der Waals surface area contributed by atoms with Gasteiger partial charge in [0, 0.05) is 39.3 Å². The van der Waals surface area contributed by atoms with E-state index in [2.05, 4.69) is 5.32 Å². The number of hydrogen-bond acceptors (Lipinski definition) is 6. The highest BCUT2D eigenvalue weighted by Gasteiger charge is 2.34. The van der Waals surface area contributed by atoms with Gasteiger partial charge in [-0.3, -0.25) is 13.9 Å². The van der Waals surface area contributed by atoms with Crippen LogP contribution in [-0.2, 0) is 26.2 Å². The molecule has 232 valence electrons. The van der Waals surface area contributed by atoms with Gasteiger partial charge in [0.1, 0.15) is 12.6 Å². The van der Waals surface area contributed by atoms with Gasteiger partial charge in [0.15, 0.2) is 11.5 Å². The molecule has 0 aliphatic carbocycles. The molecule has 43 heavy (non-hydrogen) atoms. The van der Waals surface area contributed by atoms with Gasteiger partial charge < -0.3 is 19.7 Å². The van der Waals surface area contributed by atoms with Gasteiger partial charge in [-0.05, 0) is 68.8 Å². The molecule has 0 heterocycles. The van der Waals surface area contributed by atoms with Crippen molar-refractivity contribution in [2.45, 2.75) is 50.7 Å². The van der Waals surface area contributed by atoms with Crippen LogP contribution in [-0.4, -0.2) is 58.0 Å². The van der Waals surface area contributed by atoms with Gasteiger partial charge in [0.25, 0.3) is 10.0 Å². The molecule has 0 spiro atoms. The topological polar surface area (TPSA) is 105 Å². The number of nitrogens with zero attached hydrogens (tertiary/aromatic N) is 2. The Morgan fingerprint density at radius 3 is 2.07 bits per heavy atom. The quantitative estimate of drug-likeness (QED) is 0.233. The molecule has 0 fully saturated rings. The van der Waals surface area contributed by atoms with Crippen molar-refractivity contribution in [1.82, 2.24) is 10.2 Å². The molecule has 13 heteroatoms. The van der Waals surface area contributed by atoms with E-state index in [9.17, 15) is 18.0 Å². The number of nitrogens with one attached hydrogen (secondary N) is 1. The van der Waals surface area contributed by atoms with E-state index in [4.69, 9.17) is 44.3 Å². The van der Waals surface area contributed by atoms with Gasteiger partial charge in [-0.1, -0.05) is 47.8 Å². The molecule has 3 aromatic carbocycles. The largest absolute Gasteiger partial charge is 0.493 e. The second kappa shape index (κ2) is 15.0. The van der Waals surface area contributed by atoms with E-state index in [1.165, 1.54) is 61.6 Å². The third-order valence-corrected chi connectivity index (χ3v) is 9.62. The lowest BCUT2D eigenvalue weighted by Gasteiger charge is -2.33. The van der Waals surface area contributed by atoms with Crippen LogP contribution >= 0.6 is 34.8 Å². The maximum atomic E-state index is 14.1. The summed E-state index contributed by atoms with van der Waals surface area (Å²) in [4.78, 5) is 28.4. The number of amides is 2. The van der Waals surface area contributed by atoms with Crippen LogP contribution in [0.15, 0.2) is 65.6 Å². The Morgan fingerprint density at radius 1 is 0.907 bits per heavy atom. The van der Waals surface area contributed by atoms with Crippen LogP contribution in [0, 0.1) is 0 Å². The van der Waals surface area contributed by atoms with E-state index >= 15 is 0 Å². The van der Waals surface area contributed by atoms with Crippen molar-refractivity contribution in [2.24, 2.45) is 0 Å². The van der Waals surface area contributed by atoms with Crippen LogP contribution in [0.25, 0.3) is 0 Å². The molecule has 0 bridgehead atoms. The first-order valence-corrected chi connectivity index (χ1v) is 15.9. The number of halogens is 3. The Kier molecular flexibility index (Phi) is 12.0. The number of hydrogen-bond donors (Lipinski definition) is 1. The van der Waals surface area contributed by atoms with Gasteiger partial charge >= 0.3 is 0 Å². The number of sulfonamides is 1. The van der Waals surface area contributed by atoms with Crippen molar-refractivity contribution in [1.29, 1.82) is 0 Å². The van der Waals surface area contributed by atoms with Crippen LogP contribution < -0.4 is 19.1 Å². The average Bonchev–Trinajstić information content (AvgIpc) is 2.99. The second-order valence-electron chi connectivity index (χ2n) is 9.72. The zero-order valence-corrected chi connectivity index (χ0v) is 27.5. The molecular weight excluding hydrogens is 637 g/mol. The molecule has 0 radical (unpaired) electrons. The highest BCUT2D eigenvalue weighted by atomic mass is 35.5. The SMILES string of the molecule is CC[C@@H](C)NC(=O)[C@H](C)N(Cc1c(Cl)cccc1Cl)C(=O)CN(c1ccc(Cl)cc1)S(=O)(=O)c1ccc(OC)c(OC)c1. The third-order valence-electron chi connectivity index (χ3n) is 6.89. The summed E-state index contributed by atoms with van der Waals surface area (Å²) in [5.41, 5.74) is 0.600. The van der Waals surface area contributed by atoms with Gasteiger partial charge in [0.2, 0.25) is 11.8 Å². The number of carbonyl (C=O) groups is 2. The molecule has 2 amide bonds. The minimum absolute atomic E-state index is 0.142. The van der Waals surface area contributed by atoms with Crippen LogP contribution in [0.2, 0.25) is 15.1 Å². The number of methoxy groups -OCH3 is 2. The first kappa shape index (κ1) is 34.3. The molecule has 0 saturated carbocycles. The summed E-state index contributed by atoms with van der Waals surface area (Å²) in [5.74, 6) is -0.552. The smallest absolute Gasteiger partial charge is 0.264 e. The molecular formula is C30H34Cl3N3O6S. The number of carbonyl (C=O) groups excluding carboxylic acids is 2. The van der Waals surface area contributed by atoms with Crippen molar-refractivity contribution in [3.63, 3.8) is 0 Å². The van der Waals surface area contributed by atoms with Gasteiger partial charge in [-0.15, -0.1) is 0 Å². The van der Waals surface area contributed by atoms with E-state index in [-0.39, 0.29) is 28.9 Å². The Labute approximate surface area is 267 Å². The summed E-state index contributed by atoms with van der Waals surface area (Å²) in [7, 11) is -1.54. The first-order valence-electron chi connectivity index (χ1n) is 13.4. The Hall–Kier alpha value is -3.18. The minimum atomic E-state index is -4.36. The molecule has 0 unspecified atom stereocenters. The van der Waals surface area contributed by atoms with E-state index < -0.39 is 34.4 Å². The molecule has 2 atom stereocenters. The van der Waals surface area contributed by atoms with E-state index in [1.807, 2.05) is 13.8 Å². The van der Waals surface area contributed by atoms with Gasteiger partial charge in [0.05, 0.1) is 24.8 Å². The Balaban J connectivity index is 2.10. The lowest BCUT2D eigenvalue weighted by molar-refractivity contribution is -0.139. The lowest BCUT2D eigenvalue weighted by Crippen LogP contribution is -2.52. The molecule has 9 nitrogen and oxygen atoms in total. The molecule has 1 N–H and O–H groups in total. The Bertz CT molecular complexity index is 1530. The molecule has 3 aromatic rings. The van der Waals surface area contributed by atoms with Gasteiger partial charge in [-0.2, -0.15) is 0 Å². The predicted molar refractivity (Wildman–Crippen MR) is 170 cm³/mol. The fourth-order valence-electron chi connectivity index (χ4n) is 4.14. The van der Waals surface area contributed by atoms with E-state index in [0.717, 1.165) is 4.31 Å². The normalized spacial score (nSPS) is 12.7. The maximum Gasteiger partial charge on any atom is 0.264 e. The van der Waals surface area contributed by atoms with Crippen molar-refractivity contribution >= 4 is 62.3 Å². The zero-order valence-electron chi connectivity index (χ0n) is 24.4. The van der Waals surface area contributed by atoms with Crippen molar-refractivity contribution < 1.29 is 27.5 Å². The highest BCUT2D eigenvalue weighted by Crippen LogP contribution is 2.33. The summed E-state index contributed by atoms with van der Waals surface area (Å²) in [6.45, 7) is 4.54. The second-order valence-corrected chi connectivity index (χ2v) is 12.8. The molecule has 0 aliphatic heterocycles. The lowest BCUT2D eigenvalue weighted by atomic mass is 10.1. The number of benzene rings is 3. The van der Waals surface area contributed by atoms with Crippen LogP contribution in [0.3, 0.4) is 0 Å².